The summed E-state index contributed by atoms with van der Waals surface area (Å²) in [7, 11) is 1.58. The van der Waals surface area contributed by atoms with Crippen LogP contribution in [0.2, 0.25) is 0 Å². The van der Waals surface area contributed by atoms with Crippen LogP contribution in [-0.4, -0.2) is 37.6 Å². The van der Waals surface area contributed by atoms with Crippen LogP contribution in [0.1, 0.15) is 22.0 Å². The molecule has 1 amide bonds. The Balaban J connectivity index is 1.44. The minimum atomic E-state index is -0.212. The molecule has 2 N–H and O–H groups in total. The highest BCUT2D eigenvalue weighted by molar-refractivity contribution is 6.04. The summed E-state index contributed by atoms with van der Waals surface area (Å²) in [5.74, 6) is 1.29. The van der Waals surface area contributed by atoms with Gasteiger partial charge < -0.3 is 20.3 Å². The third-order valence-electron chi connectivity index (χ3n) is 5.07. The number of nitrogens with one attached hydrogen (secondary N) is 2. The fourth-order valence-electron chi connectivity index (χ4n) is 3.52. The number of anilines is 2. The van der Waals surface area contributed by atoms with E-state index in [4.69, 9.17) is 4.74 Å². The first-order valence-electron chi connectivity index (χ1n) is 9.68. The van der Waals surface area contributed by atoms with Crippen molar-refractivity contribution in [2.24, 2.45) is 0 Å². The summed E-state index contributed by atoms with van der Waals surface area (Å²) in [4.78, 5) is 19.4. The maximum atomic E-state index is 12.6. The van der Waals surface area contributed by atoms with Crippen LogP contribution >= 0.6 is 0 Å². The van der Waals surface area contributed by atoms with Crippen molar-refractivity contribution in [3.8, 4) is 5.75 Å². The summed E-state index contributed by atoms with van der Waals surface area (Å²) in [6.45, 7) is 2.60. The molecule has 1 aromatic heterocycles. The molecule has 1 unspecified atom stereocenters. The summed E-state index contributed by atoms with van der Waals surface area (Å²) in [6.07, 6.45) is 1.62. The Hall–Kier alpha value is -3.38. The molecule has 1 atom stereocenters. The number of rotatable bonds is 5. The van der Waals surface area contributed by atoms with Gasteiger partial charge in [0.25, 0.3) is 5.91 Å². The van der Waals surface area contributed by atoms with Gasteiger partial charge in [-0.05, 0) is 29.8 Å². The monoisotopic (exact) mass is 388 g/mol. The van der Waals surface area contributed by atoms with E-state index in [1.807, 2.05) is 42.5 Å². The zero-order valence-electron chi connectivity index (χ0n) is 16.3. The number of para-hydroxylation sites is 2. The van der Waals surface area contributed by atoms with Gasteiger partial charge in [0.05, 0.1) is 18.4 Å². The zero-order valence-corrected chi connectivity index (χ0v) is 16.3. The normalized spacial score (nSPS) is 16.3. The van der Waals surface area contributed by atoms with Crippen molar-refractivity contribution in [2.45, 2.75) is 6.04 Å². The maximum absolute atomic E-state index is 12.6. The Bertz CT molecular complexity index is 960. The number of methoxy groups -OCH3 is 1. The highest BCUT2D eigenvalue weighted by Crippen LogP contribution is 2.24. The lowest BCUT2D eigenvalue weighted by Crippen LogP contribution is -2.46. The molecule has 3 aromatic rings. The van der Waals surface area contributed by atoms with Gasteiger partial charge in [-0.25, -0.2) is 4.98 Å². The van der Waals surface area contributed by atoms with Gasteiger partial charge in [-0.3, -0.25) is 4.79 Å². The Kier molecular flexibility index (Phi) is 5.72. The fraction of sp³-hybridized carbons (Fsp3) is 0.217. The number of aromatic nitrogens is 1. The van der Waals surface area contributed by atoms with E-state index in [0.29, 0.717) is 17.0 Å². The van der Waals surface area contributed by atoms with E-state index in [9.17, 15) is 4.79 Å². The highest BCUT2D eigenvalue weighted by atomic mass is 16.5. The second-order valence-corrected chi connectivity index (χ2v) is 6.92. The lowest BCUT2D eigenvalue weighted by Gasteiger charge is -2.34. The maximum Gasteiger partial charge on any atom is 0.257 e. The van der Waals surface area contributed by atoms with Crippen LogP contribution < -0.4 is 20.3 Å². The van der Waals surface area contributed by atoms with Crippen LogP contribution in [0.25, 0.3) is 0 Å². The summed E-state index contributed by atoms with van der Waals surface area (Å²) in [5.41, 5.74) is 2.41. The van der Waals surface area contributed by atoms with Crippen LogP contribution in [0.3, 0.4) is 0 Å². The van der Waals surface area contributed by atoms with E-state index in [-0.39, 0.29) is 11.9 Å². The Morgan fingerprint density at radius 3 is 2.66 bits per heavy atom. The lowest BCUT2D eigenvalue weighted by atomic mass is 10.0. The Morgan fingerprint density at radius 2 is 1.90 bits per heavy atom. The van der Waals surface area contributed by atoms with Gasteiger partial charge in [0.15, 0.2) is 0 Å². The van der Waals surface area contributed by atoms with Crippen LogP contribution in [0, 0.1) is 0 Å². The molecular weight excluding hydrogens is 364 g/mol. The smallest absolute Gasteiger partial charge is 0.257 e. The average Bonchev–Trinajstić information content (AvgIpc) is 2.80. The number of benzene rings is 2. The number of hydrogen-bond donors (Lipinski definition) is 2. The quantitative estimate of drug-likeness (QED) is 0.700. The van der Waals surface area contributed by atoms with Gasteiger partial charge in [0.2, 0.25) is 0 Å². The number of carbonyl (C=O) groups excluding carboxylic acids is 1. The molecule has 1 fully saturated rings. The number of hydrogen-bond acceptors (Lipinski definition) is 5. The third kappa shape index (κ3) is 4.38. The van der Waals surface area contributed by atoms with E-state index < -0.39 is 0 Å². The van der Waals surface area contributed by atoms with Crippen molar-refractivity contribution in [3.05, 3.63) is 84.1 Å². The van der Waals surface area contributed by atoms with Crippen LogP contribution in [-0.2, 0) is 0 Å². The van der Waals surface area contributed by atoms with Crippen molar-refractivity contribution >= 4 is 17.4 Å². The summed E-state index contributed by atoms with van der Waals surface area (Å²) >= 11 is 0. The largest absolute Gasteiger partial charge is 0.495 e. The first-order valence-corrected chi connectivity index (χ1v) is 9.68. The summed E-state index contributed by atoms with van der Waals surface area (Å²) in [5, 5.41) is 6.44. The summed E-state index contributed by atoms with van der Waals surface area (Å²) in [6, 6.07) is 21.7. The second-order valence-electron chi connectivity index (χ2n) is 6.92. The van der Waals surface area contributed by atoms with E-state index in [1.165, 1.54) is 5.56 Å². The molecule has 29 heavy (non-hydrogen) atoms. The van der Waals surface area contributed by atoms with Crippen LogP contribution in [0.15, 0.2) is 72.9 Å². The van der Waals surface area contributed by atoms with Gasteiger partial charge in [-0.2, -0.15) is 0 Å². The molecule has 1 aliphatic rings. The Labute approximate surface area is 170 Å². The van der Waals surface area contributed by atoms with Crippen molar-refractivity contribution < 1.29 is 9.53 Å². The molecule has 0 radical (unpaired) electrons. The van der Waals surface area contributed by atoms with Gasteiger partial charge >= 0.3 is 0 Å². The van der Waals surface area contributed by atoms with Crippen molar-refractivity contribution in [3.63, 3.8) is 0 Å². The molecule has 1 saturated heterocycles. The first-order chi connectivity index (χ1) is 14.2. The second kappa shape index (κ2) is 8.75. The standard InChI is InChI=1S/C23H24N4O2/c1-29-21-10-6-5-9-19(21)26-23(28)18-11-12-22(25-15-18)27-14-13-24-20(16-27)17-7-3-2-4-8-17/h2-12,15,20,24H,13-14,16H2,1H3,(H,26,28). The SMILES string of the molecule is COc1ccccc1NC(=O)c1ccc(N2CCNC(c3ccccc3)C2)nc1. The number of carbonyl (C=O) groups is 1. The van der Waals surface area contributed by atoms with Gasteiger partial charge in [-0.1, -0.05) is 42.5 Å². The number of amides is 1. The molecule has 2 heterocycles. The molecule has 148 valence electrons. The third-order valence-corrected chi connectivity index (χ3v) is 5.07. The summed E-state index contributed by atoms with van der Waals surface area (Å²) < 4.78 is 5.28. The molecule has 6 nitrogen and oxygen atoms in total. The van der Waals surface area contributed by atoms with Gasteiger partial charge in [0, 0.05) is 31.9 Å². The molecular formula is C23H24N4O2. The number of pyridine rings is 1. The van der Waals surface area contributed by atoms with Crippen molar-refractivity contribution in [1.29, 1.82) is 0 Å². The molecule has 0 spiro atoms. The number of piperazine rings is 1. The van der Waals surface area contributed by atoms with E-state index in [2.05, 4.69) is 44.8 Å². The predicted octanol–water partition coefficient (Wildman–Crippen LogP) is 3.49. The minimum Gasteiger partial charge on any atom is -0.495 e. The van der Waals surface area contributed by atoms with Gasteiger partial charge in [0.1, 0.15) is 11.6 Å². The molecule has 0 saturated carbocycles. The average molecular weight is 388 g/mol. The Morgan fingerprint density at radius 1 is 1.10 bits per heavy atom. The molecule has 4 rings (SSSR count). The molecule has 0 bridgehead atoms. The molecule has 1 aliphatic heterocycles. The van der Waals surface area contributed by atoms with E-state index >= 15 is 0 Å². The molecule has 6 heteroatoms. The minimum absolute atomic E-state index is 0.212. The van der Waals surface area contributed by atoms with E-state index in [1.54, 1.807) is 13.3 Å². The van der Waals surface area contributed by atoms with E-state index in [0.717, 1.165) is 25.5 Å². The van der Waals surface area contributed by atoms with Crippen LogP contribution in [0.5, 0.6) is 5.75 Å². The first kappa shape index (κ1) is 19.0. The lowest BCUT2D eigenvalue weighted by molar-refractivity contribution is 0.102. The highest BCUT2D eigenvalue weighted by Gasteiger charge is 2.21. The fourth-order valence-corrected chi connectivity index (χ4v) is 3.52. The van der Waals surface area contributed by atoms with Gasteiger partial charge in [-0.15, -0.1) is 0 Å². The van der Waals surface area contributed by atoms with Crippen LogP contribution in [0.4, 0.5) is 11.5 Å². The molecule has 2 aromatic carbocycles. The topological polar surface area (TPSA) is 66.5 Å². The predicted molar refractivity (Wildman–Crippen MR) is 115 cm³/mol. The number of ether oxygens (including phenoxy) is 1. The number of nitrogens with zero attached hydrogens (tertiary/aromatic N) is 2. The molecule has 0 aliphatic carbocycles. The van der Waals surface area contributed by atoms with Crippen molar-refractivity contribution in [1.82, 2.24) is 10.3 Å². The zero-order chi connectivity index (χ0) is 20.1. The van der Waals surface area contributed by atoms with Crippen molar-refractivity contribution in [2.75, 3.05) is 37.0 Å².